The van der Waals surface area contributed by atoms with Crippen LogP contribution in [-0.4, -0.2) is 22.9 Å². The van der Waals surface area contributed by atoms with Crippen molar-refractivity contribution >= 4 is 23.8 Å². The Hall–Kier alpha value is -2.53. The molecule has 0 amide bonds. The molecular weight excluding hydrogens is 374 g/mol. The maximum Gasteiger partial charge on any atom is 0.416 e. The molecule has 3 rings (SSSR count). The Morgan fingerprint density at radius 2 is 1.74 bits per heavy atom. The van der Waals surface area contributed by atoms with E-state index in [9.17, 15) is 17.7 Å². The second-order valence-electron chi connectivity index (χ2n) is 6.71. The molecule has 0 aliphatic heterocycles. The number of aryl methyl sites for hydroxylation is 1. The molecule has 4 nitrogen and oxygen atoms in total. The van der Waals surface area contributed by atoms with Crippen LogP contribution in [0.3, 0.4) is 0 Å². The number of benzene rings is 2. The van der Waals surface area contributed by atoms with Crippen molar-refractivity contribution < 1.29 is 17.7 Å². The quantitative estimate of drug-likeness (QED) is 0.628. The molecule has 1 N–H and O–H groups in total. The number of rotatable bonds is 4. The summed E-state index contributed by atoms with van der Waals surface area (Å²) in [6.07, 6.45) is -0.891. The molecule has 1 aromatic heterocycles. The Bertz CT molecular complexity index is 1000. The van der Waals surface area contributed by atoms with Gasteiger partial charge in [-0.25, -0.2) is 4.98 Å². The van der Waals surface area contributed by atoms with Gasteiger partial charge < -0.3 is 14.4 Å². The summed E-state index contributed by atoms with van der Waals surface area (Å²) < 4.78 is 52.4. The highest BCUT2D eigenvalue weighted by Crippen LogP contribution is 2.38. The predicted molar refractivity (Wildman–Crippen MR) is 102 cm³/mol. The minimum atomic E-state index is -4.37. The van der Waals surface area contributed by atoms with E-state index in [4.69, 9.17) is 0 Å². The van der Waals surface area contributed by atoms with E-state index in [0.29, 0.717) is 22.4 Å². The van der Waals surface area contributed by atoms with Gasteiger partial charge in [0.25, 0.3) is 0 Å². The Balaban J connectivity index is 2.01. The highest BCUT2D eigenvalue weighted by molar-refractivity contribution is 7.70. The van der Waals surface area contributed by atoms with E-state index in [1.54, 1.807) is 36.4 Å². The molecule has 142 valence electrons. The Labute approximate surface area is 155 Å². The van der Waals surface area contributed by atoms with Gasteiger partial charge in [0.2, 0.25) is 0 Å². The lowest BCUT2D eigenvalue weighted by molar-refractivity contribution is -0.137. The molecule has 0 saturated carbocycles. The van der Waals surface area contributed by atoms with Crippen molar-refractivity contribution in [3.05, 3.63) is 60.6 Å². The molecule has 0 aliphatic rings. The van der Waals surface area contributed by atoms with Gasteiger partial charge in [0.1, 0.15) is 7.14 Å². The Kier molecular flexibility index (Phi) is 4.91. The summed E-state index contributed by atoms with van der Waals surface area (Å²) in [5.74, 6) is 0. The van der Waals surface area contributed by atoms with Gasteiger partial charge in [0, 0.05) is 35.5 Å². The van der Waals surface area contributed by atoms with Crippen LogP contribution in [0.25, 0.3) is 11.3 Å². The first kappa shape index (κ1) is 19.2. The van der Waals surface area contributed by atoms with Crippen LogP contribution in [-0.2, 0) is 17.8 Å². The molecule has 8 heteroatoms. The molecule has 3 aromatic rings. The molecule has 27 heavy (non-hydrogen) atoms. The van der Waals surface area contributed by atoms with Crippen LogP contribution in [0.4, 0.5) is 24.5 Å². The van der Waals surface area contributed by atoms with Crippen LogP contribution in [0.15, 0.2) is 55.0 Å². The average Bonchev–Trinajstić information content (AvgIpc) is 3.00. The molecule has 0 bridgehead atoms. The molecule has 0 aliphatic carbocycles. The number of nitrogens with one attached hydrogen (secondary N) is 1. The maximum atomic E-state index is 12.7. The van der Waals surface area contributed by atoms with Crippen molar-refractivity contribution in [2.45, 2.75) is 6.18 Å². The van der Waals surface area contributed by atoms with Gasteiger partial charge in [-0.05, 0) is 55.8 Å². The van der Waals surface area contributed by atoms with Gasteiger partial charge in [-0.3, -0.25) is 0 Å². The molecule has 0 spiro atoms. The normalized spacial score (nSPS) is 12.2. The molecular formula is C19H19F3N3OP. The summed E-state index contributed by atoms with van der Waals surface area (Å²) in [5.41, 5.74) is 1.90. The van der Waals surface area contributed by atoms with Crippen molar-refractivity contribution in [3.8, 4) is 11.3 Å². The zero-order valence-corrected chi connectivity index (χ0v) is 16.0. The molecule has 0 unspecified atom stereocenters. The van der Waals surface area contributed by atoms with E-state index in [-0.39, 0.29) is 0 Å². The van der Waals surface area contributed by atoms with Crippen LogP contribution in [0.1, 0.15) is 5.56 Å². The lowest BCUT2D eigenvalue weighted by atomic mass is 10.1. The number of halogens is 3. The van der Waals surface area contributed by atoms with Gasteiger partial charge in [-0.15, -0.1) is 0 Å². The third-order valence-electron chi connectivity index (χ3n) is 4.10. The molecule has 0 radical (unpaired) electrons. The lowest BCUT2D eigenvalue weighted by Crippen LogP contribution is -2.06. The van der Waals surface area contributed by atoms with E-state index in [2.05, 4.69) is 10.3 Å². The monoisotopic (exact) mass is 393 g/mol. The zero-order chi connectivity index (χ0) is 19.8. The standard InChI is InChI=1S/C19H19F3N3OP/c1-25-11-18(23-12-25)16-10-15(27(2,3)26)8-9-17(16)24-14-6-4-13(5-7-14)19(20,21)22/h4-12,24H,1-3H3. The summed E-state index contributed by atoms with van der Waals surface area (Å²) in [6, 6.07) is 10.2. The Morgan fingerprint density at radius 1 is 1.07 bits per heavy atom. The first-order valence-electron chi connectivity index (χ1n) is 8.16. The third kappa shape index (κ3) is 4.42. The minimum absolute atomic E-state index is 0.518. The molecule has 0 atom stereocenters. The number of anilines is 2. The third-order valence-corrected chi connectivity index (χ3v) is 5.62. The fourth-order valence-electron chi connectivity index (χ4n) is 2.64. The van der Waals surface area contributed by atoms with E-state index >= 15 is 0 Å². The maximum absolute atomic E-state index is 12.7. The first-order chi connectivity index (χ1) is 12.5. The van der Waals surface area contributed by atoms with E-state index in [0.717, 1.165) is 17.7 Å². The number of hydrogen-bond acceptors (Lipinski definition) is 3. The van der Waals surface area contributed by atoms with E-state index in [1.165, 1.54) is 12.1 Å². The van der Waals surface area contributed by atoms with Gasteiger partial charge in [-0.1, -0.05) is 0 Å². The lowest BCUT2D eigenvalue weighted by Gasteiger charge is -2.15. The zero-order valence-electron chi connectivity index (χ0n) is 15.1. The van der Waals surface area contributed by atoms with Crippen LogP contribution in [0.2, 0.25) is 0 Å². The average molecular weight is 393 g/mol. The van der Waals surface area contributed by atoms with Gasteiger partial charge in [0.15, 0.2) is 0 Å². The van der Waals surface area contributed by atoms with Crippen LogP contribution in [0.5, 0.6) is 0 Å². The summed E-state index contributed by atoms with van der Waals surface area (Å²) in [5, 5.41) is 3.84. The largest absolute Gasteiger partial charge is 0.416 e. The van der Waals surface area contributed by atoms with Crippen molar-refractivity contribution in [3.63, 3.8) is 0 Å². The topological polar surface area (TPSA) is 46.9 Å². The number of aromatic nitrogens is 2. The SMILES string of the molecule is Cn1cnc(-c2cc(P(C)(C)=O)ccc2Nc2ccc(C(F)(F)F)cc2)c1. The molecule has 0 saturated heterocycles. The fourth-order valence-corrected chi connectivity index (χ4v) is 3.51. The molecule has 1 heterocycles. The van der Waals surface area contributed by atoms with E-state index in [1.807, 2.05) is 19.3 Å². The number of imidazole rings is 1. The highest BCUT2D eigenvalue weighted by Gasteiger charge is 2.30. The van der Waals surface area contributed by atoms with Gasteiger partial charge in [0.05, 0.1) is 17.6 Å². The van der Waals surface area contributed by atoms with E-state index < -0.39 is 18.9 Å². The highest BCUT2D eigenvalue weighted by atomic mass is 31.2. The first-order valence-corrected chi connectivity index (χ1v) is 10.8. The predicted octanol–water partition coefficient (Wildman–Crippen LogP) is 5.10. The van der Waals surface area contributed by atoms with Crippen LogP contribution >= 0.6 is 7.14 Å². The second-order valence-corrected chi connectivity index (χ2v) is 9.92. The van der Waals surface area contributed by atoms with Crippen molar-refractivity contribution in [1.82, 2.24) is 9.55 Å². The van der Waals surface area contributed by atoms with Crippen LogP contribution in [0, 0.1) is 0 Å². The smallest absolute Gasteiger partial charge is 0.355 e. The van der Waals surface area contributed by atoms with Gasteiger partial charge >= 0.3 is 6.18 Å². The Morgan fingerprint density at radius 3 is 2.26 bits per heavy atom. The number of nitrogens with zero attached hydrogens (tertiary/aromatic N) is 2. The summed E-state index contributed by atoms with van der Waals surface area (Å²) in [4.78, 5) is 4.34. The van der Waals surface area contributed by atoms with Crippen molar-refractivity contribution in [2.75, 3.05) is 18.6 Å². The molecule has 0 fully saturated rings. The van der Waals surface area contributed by atoms with Crippen LogP contribution < -0.4 is 10.6 Å². The summed E-state index contributed by atoms with van der Waals surface area (Å²) in [7, 11) is -0.632. The minimum Gasteiger partial charge on any atom is -0.355 e. The number of alkyl halides is 3. The summed E-state index contributed by atoms with van der Waals surface area (Å²) in [6.45, 7) is 3.38. The second kappa shape index (κ2) is 6.89. The van der Waals surface area contributed by atoms with Crippen molar-refractivity contribution in [1.29, 1.82) is 0 Å². The number of hydrogen-bond donors (Lipinski definition) is 1. The fraction of sp³-hybridized carbons (Fsp3) is 0.211. The summed E-state index contributed by atoms with van der Waals surface area (Å²) >= 11 is 0. The van der Waals surface area contributed by atoms with Gasteiger partial charge in [-0.2, -0.15) is 13.2 Å². The van der Waals surface area contributed by atoms with Crippen molar-refractivity contribution in [2.24, 2.45) is 7.05 Å². The molecule has 2 aromatic carbocycles.